The molecule has 4 nitrogen and oxygen atoms in total. The maximum Gasteiger partial charge on any atom is 0.216 e. The minimum absolute atomic E-state index is 0.0654. The smallest absolute Gasteiger partial charge is 0.216 e. The zero-order chi connectivity index (χ0) is 11.8. The van der Waals surface area contributed by atoms with Crippen molar-refractivity contribution in [1.82, 2.24) is 0 Å². The summed E-state index contributed by atoms with van der Waals surface area (Å²) in [6.07, 6.45) is 0. The number of hydrogen-bond donors (Lipinski definition) is 0. The van der Waals surface area contributed by atoms with Crippen molar-refractivity contribution < 1.29 is 14.4 Å². The molecule has 1 aromatic carbocycles. The van der Waals surface area contributed by atoms with Crippen molar-refractivity contribution in [3.05, 3.63) is 35.9 Å². The lowest BCUT2D eigenvalue weighted by molar-refractivity contribution is -0.0475. The predicted octanol–water partition coefficient (Wildman–Crippen LogP) is 2.26. The van der Waals surface area contributed by atoms with Crippen molar-refractivity contribution in [3.8, 4) is 0 Å². The van der Waals surface area contributed by atoms with Crippen molar-refractivity contribution >= 4 is 11.5 Å². The molecule has 0 radical (unpaired) electrons. The van der Waals surface area contributed by atoms with Crippen LogP contribution in [0, 0.1) is 0 Å². The molecule has 0 amide bonds. The van der Waals surface area contributed by atoms with Crippen molar-refractivity contribution in [2.45, 2.75) is 13.8 Å². The Kier molecular flexibility index (Phi) is 5.22. The molecular formula is C12H15NO3. The molecule has 16 heavy (non-hydrogen) atoms. The Labute approximate surface area is 94.9 Å². The summed E-state index contributed by atoms with van der Waals surface area (Å²) >= 11 is 0. The summed E-state index contributed by atoms with van der Waals surface area (Å²) in [5, 5.41) is 3.68. The Morgan fingerprint density at radius 1 is 1.31 bits per heavy atom. The number of oxime groups is 1. The van der Waals surface area contributed by atoms with Gasteiger partial charge in [0.1, 0.15) is 5.71 Å². The summed E-state index contributed by atoms with van der Waals surface area (Å²) in [5.41, 5.74) is 0.912. The molecule has 0 aliphatic rings. The molecule has 0 unspecified atom stereocenters. The van der Waals surface area contributed by atoms with Gasteiger partial charge in [0.2, 0.25) is 12.6 Å². The topological polar surface area (TPSA) is 47.9 Å². The fraction of sp³-hybridized carbons (Fsp3) is 0.333. The van der Waals surface area contributed by atoms with Gasteiger partial charge in [-0.3, -0.25) is 4.79 Å². The van der Waals surface area contributed by atoms with Gasteiger partial charge in [0, 0.05) is 12.2 Å². The molecule has 86 valence electrons. The molecule has 0 bridgehead atoms. The van der Waals surface area contributed by atoms with Crippen LogP contribution in [-0.4, -0.2) is 24.9 Å². The summed E-state index contributed by atoms with van der Waals surface area (Å²) in [4.78, 5) is 16.6. The summed E-state index contributed by atoms with van der Waals surface area (Å²) < 4.78 is 4.93. The molecule has 0 atom stereocenters. The van der Waals surface area contributed by atoms with Crippen LogP contribution in [-0.2, 0) is 9.57 Å². The van der Waals surface area contributed by atoms with Gasteiger partial charge in [-0.25, -0.2) is 0 Å². The quantitative estimate of drug-likeness (QED) is 0.243. The highest BCUT2D eigenvalue weighted by Crippen LogP contribution is 2.01. The lowest BCUT2D eigenvalue weighted by Gasteiger charge is -2.01. The predicted molar refractivity (Wildman–Crippen MR) is 61.5 cm³/mol. The van der Waals surface area contributed by atoms with Gasteiger partial charge in [-0.2, -0.15) is 0 Å². The first-order valence-corrected chi connectivity index (χ1v) is 5.09. The minimum Gasteiger partial charge on any atom is -0.367 e. The van der Waals surface area contributed by atoms with Crippen LogP contribution in [0.5, 0.6) is 0 Å². The Morgan fingerprint density at radius 2 is 2.00 bits per heavy atom. The number of ketones is 1. The van der Waals surface area contributed by atoms with Gasteiger partial charge in [-0.05, 0) is 13.8 Å². The molecule has 0 N–H and O–H groups in total. The van der Waals surface area contributed by atoms with Gasteiger partial charge in [0.15, 0.2) is 0 Å². The van der Waals surface area contributed by atoms with E-state index in [1.165, 1.54) is 0 Å². The average molecular weight is 221 g/mol. The van der Waals surface area contributed by atoms with E-state index in [2.05, 4.69) is 5.16 Å². The molecule has 0 aliphatic carbocycles. The van der Waals surface area contributed by atoms with Gasteiger partial charge in [0.25, 0.3) is 0 Å². The molecule has 0 saturated heterocycles. The second-order valence-corrected chi connectivity index (χ2v) is 3.11. The van der Waals surface area contributed by atoms with E-state index < -0.39 is 0 Å². The first kappa shape index (κ1) is 12.4. The summed E-state index contributed by atoms with van der Waals surface area (Å²) in [6.45, 7) is 4.09. The number of hydrogen-bond acceptors (Lipinski definition) is 4. The first-order chi connectivity index (χ1) is 7.75. The lowest BCUT2D eigenvalue weighted by atomic mass is 10.1. The number of benzene rings is 1. The first-order valence-electron chi connectivity index (χ1n) is 5.09. The van der Waals surface area contributed by atoms with E-state index in [1.54, 1.807) is 19.1 Å². The third kappa shape index (κ3) is 3.82. The minimum atomic E-state index is -0.142. The molecule has 0 aromatic heterocycles. The Bertz CT molecular complexity index is 360. The van der Waals surface area contributed by atoms with Gasteiger partial charge < -0.3 is 9.57 Å². The van der Waals surface area contributed by atoms with Crippen LogP contribution < -0.4 is 0 Å². The summed E-state index contributed by atoms with van der Waals surface area (Å²) in [5.74, 6) is -0.142. The lowest BCUT2D eigenvalue weighted by Crippen LogP contribution is -2.11. The van der Waals surface area contributed by atoms with Crippen LogP contribution >= 0.6 is 0 Å². The van der Waals surface area contributed by atoms with Gasteiger partial charge >= 0.3 is 0 Å². The van der Waals surface area contributed by atoms with Crippen LogP contribution in [0.2, 0.25) is 0 Å². The van der Waals surface area contributed by atoms with E-state index in [0.717, 1.165) is 0 Å². The molecule has 0 fully saturated rings. The number of carbonyl (C=O) groups excluding carboxylic acids is 1. The SMILES string of the molecule is CCOCO/N=C(\C)C(=O)c1ccccc1. The molecule has 1 aromatic rings. The van der Waals surface area contributed by atoms with Crippen LogP contribution in [0.15, 0.2) is 35.5 Å². The Morgan fingerprint density at radius 3 is 2.62 bits per heavy atom. The van der Waals surface area contributed by atoms with Crippen LogP contribution in [0.25, 0.3) is 0 Å². The van der Waals surface area contributed by atoms with E-state index in [9.17, 15) is 4.79 Å². The molecule has 0 saturated carbocycles. The zero-order valence-electron chi connectivity index (χ0n) is 9.47. The second kappa shape index (κ2) is 6.74. The largest absolute Gasteiger partial charge is 0.367 e. The monoisotopic (exact) mass is 221 g/mol. The van der Waals surface area contributed by atoms with E-state index >= 15 is 0 Å². The van der Waals surface area contributed by atoms with Crippen molar-refractivity contribution in [2.75, 3.05) is 13.4 Å². The summed E-state index contributed by atoms with van der Waals surface area (Å²) in [7, 11) is 0. The second-order valence-electron chi connectivity index (χ2n) is 3.11. The van der Waals surface area contributed by atoms with Gasteiger partial charge in [0.05, 0.1) is 0 Å². The van der Waals surface area contributed by atoms with Crippen LogP contribution in [0.3, 0.4) is 0 Å². The third-order valence-electron chi connectivity index (χ3n) is 1.91. The van der Waals surface area contributed by atoms with Gasteiger partial charge in [-0.15, -0.1) is 0 Å². The van der Waals surface area contributed by atoms with Crippen molar-refractivity contribution in [3.63, 3.8) is 0 Å². The number of ether oxygens (including phenoxy) is 1. The highest BCUT2D eigenvalue weighted by atomic mass is 16.7. The number of rotatable bonds is 6. The molecule has 0 aliphatic heterocycles. The number of carbonyl (C=O) groups is 1. The van der Waals surface area contributed by atoms with E-state index in [1.807, 2.05) is 25.1 Å². The number of nitrogens with zero attached hydrogens (tertiary/aromatic N) is 1. The average Bonchev–Trinajstić information content (AvgIpc) is 2.34. The molecule has 4 heteroatoms. The highest BCUT2D eigenvalue weighted by Gasteiger charge is 2.08. The van der Waals surface area contributed by atoms with Crippen LogP contribution in [0.4, 0.5) is 0 Å². The zero-order valence-corrected chi connectivity index (χ0v) is 9.47. The molecule has 0 heterocycles. The van der Waals surface area contributed by atoms with Crippen molar-refractivity contribution in [2.24, 2.45) is 5.16 Å². The highest BCUT2D eigenvalue weighted by molar-refractivity contribution is 6.45. The maximum atomic E-state index is 11.8. The number of Topliss-reactive ketones (excluding diaryl/α,β-unsaturated/α-hetero) is 1. The Hall–Kier alpha value is -1.68. The standard InChI is InChI=1S/C12H15NO3/c1-3-15-9-16-13-10(2)12(14)11-7-5-4-6-8-11/h4-8H,3,9H2,1-2H3/b13-10+. The molecule has 1 rings (SSSR count). The molecule has 0 spiro atoms. The van der Waals surface area contributed by atoms with E-state index in [4.69, 9.17) is 9.57 Å². The fourth-order valence-electron chi connectivity index (χ4n) is 1.08. The third-order valence-corrected chi connectivity index (χ3v) is 1.91. The van der Waals surface area contributed by atoms with Gasteiger partial charge in [-0.1, -0.05) is 35.5 Å². The Balaban J connectivity index is 2.54. The normalized spacial score (nSPS) is 11.2. The molecular weight excluding hydrogens is 206 g/mol. The van der Waals surface area contributed by atoms with Crippen molar-refractivity contribution in [1.29, 1.82) is 0 Å². The maximum absolute atomic E-state index is 11.8. The van der Waals surface area contributed by atoms with Crippen LogP contribution in [0.1, 0.15) is 24.2 Å². The van der Waals surface area contributed by atoms with E-state index in [0.29, 0.717) is 17.9 Å². The summed E-state index contributed by atoms with van der Waals surface area (Å²) in [6, 6.07) is 8.95. The fourth-order valence-corrected chi connectivity index (χ4v) is 1.08. The van der Waals surface area contributed by atoms with E-state index in [-0.39, 0.29) is 12.6 Å².